The van der Waals surface area contributed by atoms with E-state index in [4.69, 9.17) is 11.6 Å². The number of rotatable bonds is 6. The van der Waals surface area contributed by atoms with E-state index in [0.717, 1.165) is 55.1 Å². The Kier molecular flexibility index (Phi) is 6.24. The molecule has 2 aromatic heterocycles. The second-order valence-corrected chi connectivity index (χ2v) is 8.67. The SMILES string of the molecule is O=C(NCC1CCNCC1)c1ccc(Nc2nc3cccc(-c4cccc(Cl)c4)n3n2)cc1. The number of amides is 1. The summed E-state index contributed by atoms with van der Waals surface area (Å²) in [7, 11) is 0. The number of hydrogen-bond acceptors (Lipinski definition) is 5. The van der Waals surface area contributed by atoms with Gasteiger partial charge in [0, 0.05) is 28.4 Å². The lowest BCUT2D eigenvalue weighted by Crippen LogP contribution is -2.35. The van der Waals surface area contributed by atoms with Gasteiger partial charge in [0.25, 0.3) is 5.91 Å². The molecule has 3 N–H and O–H groups in total. The van der Waals surface area contributed by atoms with Crippen LogP contribution < -0.4 is 16.0 Å². The molecule has 33 heavy (non-hydrogen) atoms. The Morgan fingerprint density at radius 1 is 1.06 bits per heavy atom. The van der Waals surface area contributed by atoms with Crippen LogP contribution in [0.1, 0.15) is 23.2 Å². The predicted molar refractivity (Wildman–Crippen MR) is 131 cm³/mol. The molecule has 4 aromatic rings. The third kappa shape index (κ3) is 4.99. The van der Waals surface area contributed by atoms with E-state index in [0.29, 0.717) is 22.5 Å². The van der Waals surface area contributed by atoms with Crippen molar-refractivity contribution in [2.24, 2.45) is 5.92 Å². The van der Waals surface area contributed by atoms with E-state index in [1.54, 1.807) is 4.52 Å². The molecule has 5 rings (SSSR count). The van der Waals surface area contributed by atoms with Crippen molar-refractivity contribution in [2.45, 2.75) is 12.8 Å². The first-order chi connectivity index (χ1) is 16.2. The van der Waals surface area contributed by atoms with E-state index < -0.39 is 0 Å². The topological polar surface area (TPSA) is 83.4 Å². The molecule has 7 nitrogen and oxygen atoms in total. The third-order valence-corrected chi connectivity index (χ3v) is 6.13. The molecule has 3 heterocycles. The van der Waals surface area contributed by atoms with Crippen LogP contribution in [0.15, 0.2) is 66.7 Å². The van der Waals surface area contributed by atoms with Gasteiger partial charge in [-0.1, -0.05) is 29.8 Å². The van der Waals surface area contributed by atoms with E-state index in [9.17, 15) is 4.79 Å². The van der Waals surface area contributed by atoms with Crippen LogP contribution in [0.25, 0.3) is 16.9 Å². The van der Waals surface area contributed by atoms with Crippen LogP contribution in [0, 0.1) is 5.92 Å². The molecule has 1 fully saturated rings. The van der Waals surface area contributed by atoms with E-state index >= 15 is 0 Å². The fourth-order valence-corrected chi connectivity index (χ4v) is 4.27. The molecule has 8 heteroatoms. The van der Waals surface area contributed by atoms with E-state index in [-0.39, 0.29) is 5.91 Å². The standard InChI is InChI=1S/C25H25ClN6O/c26-20-4-1-3-19(15-20)22-5-2-6-23-30-25(31-32(22)23)29-21-9-7-18(8-10-21)24(33)28-16-17-11-13-27-14-12-17/h1-10,15,17,27H,11-14,16H2,(H,28,33)(H,29,31). The number of piperidine rings is 1. The van der Waals surface area contributed by atoms with Gasteiger partial charge >= 0.3 is 0 Å². The zero-order valence-electron chi connectivity index (χ0n) is 18.1. The number of carbonyl (C=O) groups excluding carboxylic acids is 1. The van der Waals surface area contributed by atoms with Crippen LogP contribution in [0.4, 0.5) is 11.6 Å². The molecule has 1 aliphatic rings. The molecule has 0 unspecified atom stereocenters. The van der Waals surface area contributed by atoms with E-state index in [1.807, 2.05) is 66.7 Å². The van der Waals surface area contributed by atoms with Crippen LogP contribution in [-0.2, 0) is 0 Å². The van der Waals surface area contributed by atoms with Crippen LogP contribution in [-0.4, -0.2) is 40.1 Å². The van der Waals surface area contributed by atoms with Crippen molar-refractivity contribution in [3.8, 4) is 11.3 Å². The number of carbonyl (C=O) groups is 1. The lowest BCUT2D eigenvalue weighted by atomic mass is 9.98. The highest BCUT2D eigenvalue weighted by molar-refractivity contribution is 6.30. The molecule has 1 aliphatic heterocycles. The Labute approximate surface area is 197 Å². The number of pyridine rings is 1. The molecule has 1 saturated heterocycles. The summed E-state index contributed by atoms with van der Waals surface area (Å²) in [6.45, 7) is 2.78. The smallest absolute Gasteiger partial charge is 0.251 e. The lowest BCUT2D eigenvalue weighted by molar-refractivity contribution is 0.0944. The second-order valence-electron chi connectivity index (χ2n) is 8.23. The average molecular weight is 461 g/mol. The number of hydrogen-bond donors (Lipinski definition) is 3. The van der Waals surface area contributed by atoms with Gasteiger partial charge in [0.1, 0.15) is 0 Å². The number of anilines is 2. The summed E-state index contributed by atoms with van der Waals surface area (Å²) in [5.74, 6) is 0.985. The minimum absolute atomic E-state index is 0.0444. The van der Waals surface area contributed by atoms with E-state index in [1.165, 1.54) is 0 Å². The van der Waals surface area contributed by atoms with Gasteiger partial charge in [-0.3, -0.25) is 4.79 Å². The van der Waals surface area contributed by atoms with Crippen molar-refractivity contribution in [1.29, 1.82) is 0 Å². The van der Waals surface area contributed by atoms with Gasteiger partial charge in [0.05, 0.1) is 5.69 Å². The highest BCUT2D eigenvalue weighted by atomic mass is 35.5. The molecular formula is C25H25ClN6O. The van der Waals surface area contributed by atoms with Crippen molar-refractivity contribution in [2.75, 3.05) is 25.0 Å². The first kappa shape index (κ1) is 21.4. The predicted octanol–water partition coefficient (Wildman–Crippen LogP) is 4.52. The summed E-state index contributed by atoms with van der Waals surface area (Å²) >= 11 is 6.16. The van der Waals surface area contributed by atoms with Gasteiger partial charge in [-0.2, -0.15) is 4.98 Å². The van der Waals surface area contributed by atoms with Gasteiger partial charge in [0.2, 0.25) is 5.95 Å². The van der Waals surface area contributed by atoms with Crippen LogP contribution in [0.5, 0.6) is 0 Å². The minimum atomic E-state index is -0.0444. The first-order valence-corrected chi connectivity index (χ1v) is 11.5. The summed E-state index contributed by atoms with van der Waals surface area (Å²) in [6, 6.07) is 20.8. The monoisotopic (exact) mass is 460 g/mol. The first-order valence-electron chi connectivity index (χ1n) is 11.1. The maximum absolute atomic E-state index is 12.5. The molecule has 1 amide bonds. The summed E-state index contributed by atoms with van der Waals surface area (Å²) < 4.78 is 1.79. The van der Waals surface area contributed by atoms with Gasteiger partial charge in [0.15, 0.2) is 5.65 Å². The Morgan fingerprint density at radius 2 is 1.85 bits per heavy atom. The van der Waals surface area contributed by atoms with Crippen LogP contribution in [0.3, 0.4) is 0 Å². The number of aromatic nitrogens is 3. The molecule has 0 radical (unpaired) electrons. The second kappa shape index (κ2) is 9.60. The molecule has 2 aromatic carbocycles. The number of nitrogens with one attached hydrogen (secondary N) is 3. The number of benzene rings is 2. The minimum Gasteiger partial charge on any atom is -0.352 e. The zero-order chi connectivity index (χ0) is 22.6. The van der Waals surface area contributed by atoms with Crippen molar-refractivity contribution >= 4 is 34.8 Å². The summed E-state index contributed by atoms with van der Waals surface area (Å²) in [4.78, 5) is 17.1. The molecule has 0 atom stereocenters. The molecule has 0 aliphatic carbocycles. The largest absolute Gasteiger partial charge is 0.352 e. The Bertz CT molecular complexity index is 1260. The van der Waals surface area contributed by atoms with E-state index in [2.05, 4.69) is 26.0 Å². The van der Waals surface area contributed by atoms with Gasteiger partial charge in [-0.15, -0.1) is 5.10 Å². The van der Waals surface area contributed by atoms with Crippen molar-refractivity contribution in [1.82, 2.24) is 25.2 Å². The maximum atomic E-state index is 12.5. The third-order valence-electron chi connectivity index (χ3n) is 5.89. The maximum Gasteiger partial charge on any atom is 0.251 e. The zero-order valence-corrected chi connectivity index (χ0v) is 18.8. The highest BCUT2D eigenvalue weighted by Crippen LogP contribution is 2.24. The quantitative estimate of drug-likeness (QED) is 0.394. The fraction of sp³-hybridized carbons (Fsp3) is 0.240. The molecule has 0 saturated carbocycles. The molecular weight excluding hydrogens is 436 g/mol. The lowest BCUT2D eigenvalue weighted by Gasteiger charge is -2.22. The fourth-order valence-electron chi connectivity index (χ4n) is 4.08. The summed E-state index contributed by atoms with van der Waals surface area (Å²) in [5, 5.41) is 14.9. The number of nitrogens with zero attached hydrogens (tertiary/aromatic N) is 3. The van der Waals surface area contributed by atoms with Crippen molar-refractivity contribution in [3.05, 3.63) is 77.3 Å². The van der Waals surface area contributed by atoms with Crippen molar-refractivity contribution < 1.29 is 4.79 Å². The normalized spacial score (nSPS) is 14.3. The number of halogens is 1. The van der Waals surface area contributed by atoms with Gasteiger partial charge in [-0.25, -0.2) is 4.52 Å². The highest BCUT2D eigenvalue weighted by Gasteiger charge is 2.15. The van der Waals surface area contributed by atoms with Gasteiger partial charge in [-0.05, 0) is 80.4 Å². The Morgan fingerprint density at radius 3 is 2.64 bits per heavy atom. The van der Waals surface area contributed by atoms with Crippen molar-refractivity contribution in [3.63, 3.8) is 0 Å². The number of fused-ring (bicyclic) bond motifs is 1. The summed E-state index contributed by atoms with van der Waals surface area (Å²) in [5.41, 5.74) is 4.04. The molecule has 168 valence electrons. The molecule has 0 spiro atoms. The Balaban J connectivity index is 1.28. The Hall–Kier alpha value is -3.42. The van der Waals surface area contributed by atoms with Gasteiger partial charge < -0.3 is 16.0 Å². The average Bonchev–Trinajstić information content (AvgIpc) is 3.26. The van der Waals surface area contributed by atoms with Crippen LogP contribution >= 0.6 is 11.6 Å². The summed E-state index contributed by atoms with van der Waals surface area (Å²) in [6.07, 6.45) is 2.21. The molecule has 0 bridgehead atoms. The van der Waals surface area contributed by atoms with Crippen LogP contribution in [0.2, 0.25) is 5.02 Å².